The van der Waals surface area contributed by atoms with E-state index in [1.165, 1.54) is 18.1 Å². The van der Waals surface area contributed by atoms with Crippen molar-refractivity contribution < 1.29 is 14.6 Å². The molecule has 8 heteroatoms. The number of aromatic nitrogens is 4. The molecule has 3 heterocycles. The summed E-state index contributed by atoms with van der Waals surface area (Å²) in [4.78, 5) is 8.55. The van der Waals surface area contributed by atoms with E-state index in [9.17, 15) is 5.11 Å². The molecule has 0 aliphatic carbocycles. The number of hydrogen-bond acceptors (Lipinski definition) is 7. The van der Waals surface area contributed by atoms with Crippen LogP contribution in [0, 0.1) is 0 Å². The maximum atomic E-state index is 11.0. The molecule has 1 unspecified atom stereocenters. The van der Waals surface area contributed by atoms with Crippen molar-refractivity contribution in [3.63, 3.8) is 0 Å². The van der Waals surface area contributed by atoms with Gasteiger partial charge in [-0.05, 0) is 18.2 Å². The number of fused-ring (bicyclic) bond motifs is 1. The van der Waals surface area contributed by atoms with E-state index in [1.54, 1.807) is 10.7 Å². The zero-order valence-corrected chi connectivity index (χ0v) is 15.2. The molecule has 1 aliphatic heterocycles. The average Bonchev–Trinajstić information content (AvgIpc) is 3.27. The van der Waals surface area contributed by atoms with Crippen LogP contribution >= 0.6 is 11.8 Å². The van der Waals surface area contributed by atoms with Gasteiger partial charge in [-0.15, -0.1) is 11.8 Å². The quantitative estimate of drug-likeness (QED) is 0.665. The van der Waals surface area contributed by atoms with Crippen molar-refractivity contribution in [1.29, 1.82) is 0 Å². The lowest BCUT2D eigenvalue weighted by Crippen LogP contribution is -2.29. The van der Waals surface area contributed by atoms with Gasteiger partial charge < -0.3 is 14.6 Å². The van der Waals surface area contributed by atoms with Crippen LogP contribution in [0.25, 0.3) is 5.65 Å². The molecule has 26 heavy (non-hydrogen) atoms. The van der Waals surface area contributed by atoms with Gasteiger partial charge in [-0.2, -0.15) is 5.10 Å². The second kappa shape index (κ2) is 7.32. The van der Waals surface area contributed by atoms with Crippen LogP contribution in [0.2, 0.25) is 0 Å². The Morgan fingerprint density at radius 2 is 2.19 bits per heavy atom. The molecule has 0 saturated carbocycles. The van der Waals surface area contributed by atoms with Crippen molar-refractivity contribution in [3.8, 4) is 0 Å². The highest BCUT2D eigenvalue weighted by molar-refractivity contribution is 7.98. The van der Waals surface area contributed by atoms with Crippen LogP contribution in [0.5, 0.6) is 0 Å². The van der Waals surface area contributed by atoms with E-state index in [0.29, 0.717) is 37.4 Å². The van der Waals surface area contributed by atoms with Crippen LogP contribution in [0.4, 0.5) is 0 Å². The summed E-state index contributed by atoms with van der Waals surface area (Å²) in [6.07, 6.45) is 6.01. The van der Waals surface area contributed by atoms with Gasteiger partial charge in [-0.25, -0.2) is 14.5 Å². The van der Waals surface area contributed by atoms with Crippen molar-refractivity contribution in [2.45, 2.75) is 36.4 Å². The zero-order chi connectivity index (χ0) is 18.0. The molecular formula is C18H20N4O3S. The first kappa shape index (κ1) is 17.4. The number of hydrogen-bond donors (Lipinski definition) is 1. The summed E-state index contributed by atoms with van der Waals surface area (Å²) in [5, 5.41) is 16.0. The minimum atomic E-state index is -1.41. The Morgan fingerprint density at radius 1 is 1.35 bits per heavy atom. The molecule has 0 amide bonds. The van der Waals surface area contributed by atoms with Gasteiger partial charge in [-0.1, -0.05) is 30.3 Å². The lowest BCUT2D eigenvalue weighted by atomic mass is 10.1. The van der Waals surface area contributed by atoms with Crippen molar-refractivity contribution in [3.05, 3.63) is 54.1 Å². The lowest BCUT2D eigenvalue weighted by molar-refractivity contribution is -0.211. The van der Waals surface area contributed by atoms with Crippen LogP contribution in [0.1, 0.15) is 24.1 Å². The van der Waals surface area contributed by atoms with E-state index in [-0.39, 0.29) is 6.10 Å². The molecule has 7 nitrogen and oxygen atoms in total. The molecule has 0 spiro atoms. The Bertz CT molecular complexity index is 889. The first-order chi connectivity index (χ1) is 12.7. The smallest absolute Gasteiger partial charge is 0.211 e. The zero-order valence-electron chi connectivity index (χ0n) is 14.4. The van der Waals surface area contributed by atoms with Crippen LogP contribution in [0.15, 0.2) is 47.9 Å². The summed E-state index contributed by atoms with van der Waals surface area (Å²) < 4.78 is 13.3. The van der Waals surface area contributed by atoms with Gasteiger partial charge in [0, 0.05) is 6.42 Å². The van der Waals surface area contributed by atoms with Crippen molar-refractivity contribution in [1.82, 2.24) is 19.6 Å². The lowest BCUT2D eigenvalue weighted by Gasteiger charge is -2.22. The molecule has 4 rings (SSSR count). The molecule has 0 bridgehead atoms. The highest BCUT2D eigenvalue weighted by atomic mass is 32.2. The molecular weight excluding hydrogens is 352 g/mol. The third-order valence-electron chi connectivity index (χ3n) is 4.45. The first-order valence-corrected chi connectivity index (χ1v) is 9.67. The molecule has 2 atom stereocenters. The summed E-state index contributed by atoms with van der Waals surface area (Å²) >= 11 is 1.49. The average molecular weight is 372 g/mol. The van der Waals surface area contributed by atoms with E-state index >= 15 is 0 Å². The van der Waals surface area contributed by atoms with Crippen LogP contribution in [-0.2, 0) is 21.9 Å². The molecule has 1 aliphatic rings. The van der Waals surface area contributed by atoms with Crippen molar-refractivity contribution in [2.75, 3.05) is 12.9 Å². The highest BCUT2D eigenvalue weighted by Gasteiger charge is 2.43. The number of benzene rings is 1. The molecule has 1 N–H and O–H groups in total. The van der Waals surface area contributed by atoms with Gasteiger partial charge in [0.15, 0.2) is 5.65 Å². The first-order valence-electron chi connectivity index (χ1n) is 8.45. The third-order valence-corrected chi connectivity index (χ3v) is 5.12. The second-order valence-corrected chi connectivity index (χ2v) is 7.01. The maximum Gasteiger partial charge on any atom is 0.211 e. The van der Waals surface area contributed by atoms with Gasteiger partial charge >= 0.3 is 0 Å². The third kappa shape index (κ3) is 3.33. The molecule has 3 aromatic rings. The maximum absolute atomic E-state index is 11.0. The van der Waals surface area contributed by atoms with E-state index in [0.717, 1.165) is 10.6 Å². The summed E-state index contributed by atoms with van der Waals surface area (Å²) in [7, 11) is 0. The monoisotopic (exact) mass is 372 g/mol. The molecule has 136 valence electrons. The number of thioether (sulfide) groups is 1. The normalized spacial score (nSPS) is 22.9. The van der Waals surface area contributed by atoms with Crippen molar-refractivity contribution in [2.24, 2.45) is 0 Å². The van der Waals surface area contributed by atoms with Crippen LogP contribution < -0.4 is 0 Å². The Balaban J connectivity index is 1.44. The van der Waals surface area contributed by atoms with Gasteiger partial charge in [0.2, 0.25) is 5.79 Å². The number of aliphatic hydroxyl groups is 1. The predicted molar refractivity (Wildman–Crippen MR) is 96.7 cm³/mol. The fraction of sp³-hybridized carbons (Fsp3) is 0.389. The number of imidazole rings is 1. The number of rotatable bonds is 6. The van der Waals surface area contributed by atoms with Gasteiger partial charge in [-0.3, -0.25) is 0 Å². The van der Waals surface area contributed by atoms with E-state index in [1.807, 2.05) is 36.6 Å². The van der Waals surface area contributed by atoms with Gasteiger partial charge in [0.05, 0.1) is 25.5 Å². The molecule has 1 aromatic carbocycles. The summed E-state index contributed by atoms with van der Waals surface area (Å²) in [5.74, 6) is -1.41. The number of ether oxygens (including phenoxy) is 2. The minimum absolute atomic E-state index is 0.170. The highest BCUT2D eigenvalue weighted by Crippen LogP contribution is 2.37. The van der Waals surface area contributed by atoms with Crippen LogP contribution in [0.3, 0.4) is 0 Å². The SMILES string of the molecule is CSc1ncnn2c(C3(O)CC[C@@H](COCc4ccccc4)O3)cnc12. The number of nitrogens with zero attached hydrogens (tertiary/aromatic N) is 4. The van der Waals surface area contributed by atoms with E-state index in [2.05, 4.69) is 15.1 Å². The fourth-order valence-electron chi connectivity index (χ4n) is 3.14. The Kier molecular flexibility index (Phi) is 4.90. The summed E-state index contributed by atoms with van der Waals surface area (Å²) in [6.45, 7) is 0.956. The molecule has 2 aromatic heterocycles. The summed E-state index contributed by atoms with van der Waals surface area (Å²) in [5.41, 5.74) is 2.26. The molecule has 1 saturated heterocycles. The van der Waals surface area contributed by atoms with E-state index < -0.39 is 5.79 Å². The Hall–Kier alpha value is -2.00. The Labute approximate surface area is 155 Å². The Morgan fingerprint density at radius 3 is 3.00 bits per heavy atom. The molecule has 0 radical (unpaired) electrons. The largest absolute Gasteiger partial charge is 0.374 e. The van der Waals surface area contributed by atoms with E-state index in [4.69, 9.17) is 9.47 Å². The van der Waals surface area contributed by atoms with Gasteiger partial charge in [0.25, 0.3) is 0 Å². The van der Waals surface area contributed by atoms with Crippen LogP contribution in [-0.4, -0.2) is 43.7 Å². The minimum Gasteiger partial charge on any atom is -0.374 e. The predicted octanol–water partition coefficient (Wildman–Crippen LogP) is 2.39. The summed E-state index contributed by atoms with van der Waals surface area (Å²) in [6, 6.07) is 9.99. The van der Waals surface area contributed by atoms with Crippen molar-refractivity contribution >= 4 is 17.4 Å². The molecule has 1 fully saturated rings. The standard InChI is InChI=1S/C18H20N4O3S/c1-26-17-16-19-9-15(22(16)21-12-20-17)18(23)8-7-14(25-18)11-24-10-13-5-3-2-4-6-13/h2-6,9,12,14,23H,7-8,10-11H2,1H3/t14-,18?/m0/s1. The van der Waals surface area contributed by atoms with Gasteiger partial charge in [0.1, 0.15) is 17.0 Å². The second-order valence-electron chi connectivity index (χ2n) is 6.21. The topological polar surface area (TPSA) is 81.8 Å². The fourth-order valence-corrected chi connectivity index (χ4v) is 3.62.